The molecule has 4 rings (SSSR count). The first-order valence-electron chi connectivity index (χ1n) is 18.4. The topological polar surface area (TPSA) is 55.4 Å². The summed E-state index contributed by atoms with van der Waals surface area (Å²) in [6.45, 7) is 35.7. The second-order valence-electron chi connectivity index (χ2n) is 18.9. The maximum absolute atomic E-state index is 6.71. The largest absolute Gasteiger partial charge is 0.426 e. The zero-order valence-corrected chi connectivity index (χ0v) is 35.1. The Morgan fingerprint density at radius 2 is 0.918 bits per heavy atom. The quantitative estimate of drug-likeness (QED) is 0.228. The van der Waals surface area contributed by atoms with Gasteiger partial charge in [-0.05, 0) is 75.5 Å². The Morgan fingerprint density at radius 3 is 1.24 bits per heavy atom. The Balaban J connectivity index is 1.48. The van der Waals surface area contributed by atoms with Crippen molar-refractivity contribution in [3.05, 3.63) is 57.6 Å². The lowest BCUT2D eigenvalue weighted by Crippen LogP contribution is -2.45. The van der Waals surface area contributed by atoms with Gasteiger partial charge in [-0.2, -0.15) is 0 Å². The molecule has 0 amide bonds. The molecule has 1 spiro atoms. The van der Waals surface area contributed by atoms with Crippen LogP contribution in [-0.4, -0.2) is 26.4 Å². The van der Waals surface area contributed by atoms with Gasteiger partial charge in [-0.25, -0.2) is 0 Å². The molecule has 2 aliphatic rings. The monoisotopic (exact) mass is 716 g/mol. The number of rotatable bonds is 10. The predicted molar refractivity (Wildman–Crippen MR) is 206 cm³/mol. The second kappa shape index (κ2) is 15.8. The maximum Gasteiger partial charge on any atom is 0.397 e. The molecule has 0 N–H and O–H groups in total. The molecule has 8 heteroatoms. The van der Waals surface area contributed by atoms with Gasteiger partial charge in [-0.3, -0.25) is 0 Å². The third kappa shape index (κ3) is 10.9. The van der Waals surface area contributed by atoms with Gasteiger partial charge in [0.1, 0.15) is 11.5 Å². The van der Waals surface area contributed by atoms with Crippen molar-refractivity contribution in [2.24, 2.45) is 23.2 Å². The van der Waals surface area contributed by atoms with E-state index >= 15 is 0 Å². The maximum atomic E-state index is 6.71. The van der Waals surface area contributed by atoms with Gasteiger partial charge in [0.25, 0.3) is 0 Å². The molecule has 0 unspecified atom stereocenters. The fraction of sp³-hybridized carbons (Fsp3) is 0.707. The van der Waals surface area contributed by atoms with Crippen LogP contribution in [0.15, 0.2) is 24.3 Å². The van der Waals surface area contributed by atoms with Crippen molar-refractivity contribution < 1.29 is 27.1 Å². The summed E-state index contributed by atoms with van der Waals surface area (Å²) in [6, 6.07) is 9.32. The van der Waals surface area contributed by atoms with Crippen molar-refractivity contribution in [2.75, 3.05) is 26.4 Å². The summed E-state index contributed by atoms with van der Waals surface area (Å²) in [6.07, 6.45) is 2.91. The average molecular weight is 717 g/mol. The molecule has 6 nitrogen and oxygen atoms in total. The van der Waals surface area contributed by atoms with E-state index in [4.69, 9.17) is 27.1 Å². The first-order valence-corrected chi connectivity index (χ1v) is 20.6. The zero-order chi connectivity index (χ0) is 36.5. The molecule has 276 valence electrons. The standard InChI is InChI=1S/C41H66O6P2/c1-27(2)16-30-19-34(39(10,11)12)37(35(20-30)40(13,14)15)47-49-44-25-41(26-45-49)23-42-48(43-24-41)46-36-31(17-28(3)4)21-33(38(7,8)9)22-32(36)18-29(5)6/h19-22,27-29H,16-18,23-26H2,1-15H3. The summed E-state index contributed by atoms with van der Waals surface area (Å²) in [7, 11) is -3.13. The van der Waals surface area contributed by atoms with Crippen LogP contribution in [0.4, 0.5) is 0 Å². The van der Waals surface area contributed by atoms with E-state index in [1.807, 2.05) is 0 Å². The molecule has 2 saturated heterocycles. The Morgan fingerprint density at radius 1 is 0.551 bits per heavy atom. The van der Waals surface area contributed by atoms with Crippen molar-refractivity contribution >= 4 is 17.2 Å². The molecule has 2 fully saturated rings. The van der Waals surface area contributed by atoms with Crippen molar-refractivity contribution in [3.8, 4) is 11.5 Å². The van der Waals surface area contributed by atoms with Crippen LogP contribution in [0.2, 0.25) is 0 Å². The number of hydrogen-bond donors (Lipinski definition) is 0. The van der Waals surface area contributed by atoms with E-state index < -0.39 is 22.6 Å². The lowest BCUT2D eigenvalue weighted by atomic mass is 9.77. The Bertz CT molecular complexity index is 1330. The van der Waals surface area contributed by atoms with Crippen LogP contribution in [0.25, 0.3) is 0 Å². The summed E-state index contributed by atoms with van der Waals surface area (Å²) >= 11 is 0. The van der Waals surface area contributed by atoms with Gasteiger partial charge < -0.3 is 27.1 Å². The van der Waals surface area contributed by atoms with Crippen LogP contribution in [-0.2, 0) is 53.6 Å². The molecule has 2 aromatic rings. The van der Waals surface area contributed by atoms with E-state index in [1.165, 1.54) is 33.4 Å². The number of hydrogen-bond acceptors (Lipinski definition) is 6. The van der Waals surface area contributed by atoms with Gasteiger partial charge in [0.2, 0.25) is 0 Å². The highest BCUT2D eigenvalue weighted by molar-refractivity contribution is 7.42. The molecule has 0 radical (unpaired) electrons. The lowest BCUT2D eigenvalue weighted by molar-refractivity contribution is -0.0674. The first-order chi connectivity index (χ1) is 22.6. The summed E-state index contributed by atoms with van der Waals surface area (Å²) < 4.78 is 38.8. The van der Waals surface area contributed by atoms with Crippen LogP contribution >= 0.6 is 17.2 Å². The van der Waals surface area contributed by atoms with Crippen LogP contribution < -0.4 is 9.05 Å². The van der Waals surface area contributed by atoms with Crippen molar-refractivity contribution in [1.82, 2.24) is 0 Å². The summed E-state index contributed by atoms with van der Waals surface area (Å²) in [5.41, 5.74) is 7.00. The van der Waals surface area contributed by atoms with Crippen LogP contribution in [0, 0.1) is 23.2 Å². The minimum Gasteiger partial charge on any atom is -0.426 e. The minimum absolute atomic E-state index is 0.0511. The van der Waals surface area contributed by atoms with Gasteiger partial charge >= 0.3 is 17.2 Å². The lowest BCUT2D eigenvalue weighted by Gasteiger charge is -2.42. The molecule has 2 heterocycles. The fourth-order valence-electron chi connectivity index (χ4n) is 6.32. The van der Waals surface area contributed by atoms with Gasteiger partial charge in [0, 0.05) is 11.1 Å². The summed E-state index contributed by atoms with van der Waals surface area (Å²) in [4.78, 5) is 0. The molecular weight excluding hydrogens is 650 g/mol. The van der Waals surface area contributed by atoms with Gasteiger partial charge in [0.15, 0.2) is 0 Å². The van der Waals surface area contributed by atoms with Crippen LogP contribution in [0.1, 0.15) is 137 Å². The van der Waals surface area contributed by atoms with E-state index in [1.54, 1.807) is 0 Å². The SMILES string of the molecule is CC(C)Cc1cc(C(C)(C)C)c(OP2OCC3(COP(Oc4c(CC(C)C)cc(C(C)(C)C)cc4CC(C)C)OC3)CO2)c(C(C)(C)C)c1. The zero-order valence-electron chi connectivity index (χ0n) is 33.3. The van der Waals surface area contributed by atoms with Crippen molar-refractivity contribution in [1.29, 1.82) is 0 Å². The smallest absolute Gasteiger partial charge is 0.397 e. The molecule has 2 aromatic carbocycles. The third-order valence-electron chi connectivity index (χ3n) is 9.01. The minimum atomic E-state index is -1.58. The molecule has 0 bridgehead atoms. The number of benzene rings is 2. The van der Waals surface area contributed by atoms with Gasteiger partial charge in [0.05, 0.1) is 31.8 Å². The fourth-order valence-corrected chi connectivity index (χ4v) is 8.92. The molecule has 0 saturated carbocycles. The molecule has 0 atom stereocenters. The van der Waals surface area contributed by atoms with E-state index in [9.17, 15) is 0 Å². The highest BCUT2D eigenvalue weighted by Crippen LogP contribution is 2.56. The molecule has 0 aliphatic carbocycles. The van der Waals surface area contributed by atoms with Gasteiger partial charge in [-0.15, -0.1) is 0 Å². The average Bonchev–Trinajstić information content (AvgIpc) is 2.95. The normalized spacial score (nSPS) is 22.4. The Hall–Kier alpha value is -1.26. The van der Waals surface area contributed by atoms with Crippen molar-refractivity contribution in [2.45, 2.75) is 139 Å². The molecular formula is C41H66O6P2. The highest BCUT2D eigenvalue weighted by atomic mass is 31.2. The Labute approximate surface area is 301 Å². The predicted octanol–water partition coefficient (Wildman–Crippen LogP) is 12.2. The van der Waals surface area contributed by atoms with Crippen molar-refractivity contribution in [3.63, 3.8) is 0 Å². The van der Waals surface area contributed by atoms with E-state index in [0.29, 0.717) is 44.2 Å². The molecule has 49 heavy (non-hydrogen) atoms. The third-order valence-corrected chi connectivity index (χ3v) is 11.0. The van der Waals surface area contributed by atoms with Crippen LogP contribution in [0.3, 0.4) is 0 Å². The van der Waals surface area contributed by atoms with E-state index in [2.05, 4.69) is 128 Å². The summed E-state index contributed by atoms with van der Waals surface area (Å²) in [5, 5.41) is 0. The van der Waals surface area contributed by atoms with E-state index in [-0.39, 0.29) is 16.2 Å². The molecule has 0 aromatic heterocycles. The van der Waals surface area contributed by atoms with Gasteiger partial charge in [-0.1, -0.05) is 128 Å². The van der Waals surface area contributed by atoms with E-state index in [0.717, 1.165) is 30.8 Å². The second-order valence-corrected chi connectivity index (χ2v) is 21.2. The first kappa shape index (κ1) is 40.5. The molecule has 2 aliphatic heterocycles. The summed E-state index contributed by atoms with van der Waals surface area (Å²) in [5.74, 6) is 3.41. The highest BCUT2D eigenvalue weighted by Gasteiger charge is 2.46. The Kier molecular flexibility index (Phi) is 13.0. The van der Waals surface area contributed by atoms with Crippen LogP contribution in [0.5, 0.6) is 11.5 Å².